The largest absolute Gasteiger partial charge is 0.397 e. The first kappa shape index (κ1) is 13.1. The van der Waals surface area contributed by atoms with Gasteiger partial charge in [-0.25, -0.2) is 4.98 Å². The molecule has 2 N–H and O–H groups in total. The molecular formula is C12H16ClN3O2. The van der Waals surface area contributed by atoms with Gasteiger partial charge in [-0.3, -0.25) is 4.79 Å². The first-order chi connectivity index (χ1) is 8.61. The number of rotatable bonds is 2. The molecule has 1 amide bonds. The van der Waals surface area contributed by atoms with Gasteiger partial charge < -0.3 is 15.4 Å². The van der Waals surface area contributed by atoms with Crippen LogP contribution in [0.3, 0.4) is 0 Å². The second-order valence-corrected chi connectivity index (χ2v) is 4.72. The van der Waals surface area contributed by atoms with Crippen LogP contribution in [0.1, 0.15) is 23.2 Å². The lowest BCUT2D eigenvalue weighted by Gasteiger charge is -2.32. The van der Waals surface area contributed by atoms with Gasteiger partial charge in [0.1, 0.15) is 5.15 Å². The Hall–Kier alpha value is -1.33. The number of hydrogen-bond donors (Lipinski definition) is 1. The van der Waals surface area contributed by atoms with Crippen molar-refractivity contribution < 1.29 is 9.53 Å². The van der Waals surface area contributed by atoms with Crippen molar-refractivity contribution >= 4 is 23.2 Å². The number of likely N-dealkylation sites (tertiary alicyclic amines) is 1. The van der Waals surface area contributed by atoms with Gasteiger partial charge in [0, 0.05) is 20.2 Å². The highest BCUT2D eigenvalue weighted by atomic mass is 35.5. The number of hydrogen-bond acceptors (Lipinski definition) is 4. The normalized spacial score (nSPS) is 19.9. The SMILES string of the molecule is COC1CCCN(C(=O)c2cc(N)cnc2Cl)C1. The Morgan fingerprint density at radius 3 is 3.17 bits per heavy atom. The quantitative estimate of drug-likeness (QED) is 0.828. The van der Waals surface area contributed by atoms with Gasteiger partial charge in [-0.1, -0.05) is 11.6 Å². The van der Waals surface area contributed by atoms with Crippen LogP contribution >= 0.6 is 11.6 Å². The minimum atomic E-state index is -0.137. The van der Waals surface area contributed by atoms with Gasteiger partial charge in [0.15, 0.2) is 0 Å². The zero-order chi connectivity index (χ0) is 13.1. The molecular weight excluding hydrogens is 254 g/mol. The maximum absolute atomic E-state index is 12.3. The zero-order valence-electron chi connectivity index (χ0n) is 10.2. The molecule has 0 spiro atoms. The van der Waals surface area contributed by atoms with Crippen LogP contribution in [-0.4, -0.2) is 42.1 Å². The van der Waals surface area contributed by atoms with Crippen LogP contribution < -0.4 is 5.73 Å². The van der Waals surface area contributed by atoms with E-state index < -0.39 is 0 Å². The number of methoxy groups -OCH3 is 1. The van der Waals surface area contributed by atoms with E-state index in [0.717, 1.165) is 12.8 Å². The number of nitrogens with zero attached hydrogens (tertiary/aromatic N) is 2. The van der Waals surface area contributed by atoms with Gasteiger partial charge in [0.25, 0.3) is 5.91 Å². The van der Waals surface area contributed by atoms with Crippen LogP contribution in [0.25, 0.3) is 0 Å². The van der Waals surface area contributed by atoms with E-state index in [9.17, 15) is 4.79 Å². The molecule has 0 aliphatic carbocycles. The summed E-state index contributed by atoms with van der Waals surface area (Å²) in [5, 5.41) is 0.189. The average molecular weight is 270 g/mol. The Labute approximate surface area is 111 Å². The zero-order valence-corrected chi connectivity index (χ0v) is 11.0. The lowest BCUT2D eigenvalue weighted by Crippen LogP contribution is -2.43. The second-order valence-electron chi connectivity index (χ2n) is 4.36. The van der Waals surface area contributed by atoms with Crippen molar-refractivity contribution in [3.63, 3.8) is 0 Å². The van der Waals surface area contributed by atoms with Crippen molar-refractivity contribution in [2.75, 3.05) is 25.9 Å². The summed E-state index contributed by atoms with van der Waals surface area (Å²) in [5.74, 6) is -0.137. The average Bonchev–Trinajstić information content (AvgIpc) is 2.41. The molecule has 0 bridgehead atoms. The molecule has 2 rings (SSSR count). The molecule has 1 fully saturated rings. The molecule has 98 valence electrons. The van der Waals surface area contributed by atoms with Gasteiger partial charge in [-0.05, 0) is 18.9 Å². The monoisotopic (exact) mass is 269 g/mol. The van der Waals surface area contributed by atoms with Crippen molar-refractivity contribution in [3.8, 4) is 0 Å². The van der Waals surface area contributed by atoms with E-state index in [4.69, 9.17) is 22.1 Å². The Morgan fingerprint density at radius 1 is 1.67 bits per heavy atom. The van der Waals surface area contributed by atoms with Crippen LogP contribution in [0.5, 0.6) is 0 Å². The molecule has 6 heteroatoms. The minimum Gasteiger partial charge on any atom is -0.397 e. The minimum absolute atomic E-state index is 0.0930. The molecule has 2 heterocycles. The number of nitrogens with two attached hydrogens (primary N) is 1. The molecule has 18 heavy (non-hydrogen) atoms. The fraction of sp³-hybridized carbons (Fsp3) is 0.500. The molecule has 1 saturated heterocycles. The van der Waals surface area contributed by atoms with Crippen molar-refractivity contribution in [2.24, 2.45) is 0 Å². The van der Waals surface area contributed by atoms with Gasteiger partial charge in [0.05, 0.1) is 23.6 Å². The summed E-state index contributed by atoms with van der Waals surface area (Å²) >= 11 is 5.94. The fourth-order valence-electron chi connectivity index (χ4n) is 2.10. The molecule has 1 aliphatic rings. The molecule has 1 atom stereocenters. The lowest BCUT2D eigenvalue weighted by atomic mass is 10.1. The number of pyridine rings is 1. The Morgan fingerprint density at radius 2 is 2.44 bits per heavy atom. The third kappa shape index (κ3) is 2.73. The van der Waals surface area contributed by atoms with E-state index >= 15 is 0 Å². The molecule has 1 aliphatic heterocycles. The summed E-state index contributed by atoms with van der Waals surface area (Å²) in [6.07, 6.45) is 3.43. The van der Waals surface area contributed by atoms with E-state index in [1.165, 1.54) is 6.20 Å². The summed E-state index contributed by atoms with van der Waals surface area (Å²) in [6.45, 7) is 1.30. The van der Waals surface area contributed by atoms with Crippen LogP contribution in [0.2, 0.25) is 5.15 Å². The molecule has 1 aromatic rings. The molecule has 5 nitrogen and oxygen atoms in total. The second kappa shape index (κ2) is 5.54. The summed E-state index contributed by atoms with van der Waals surface area (Å²) in [4.78, 5) is 18.0. The molecule has 1 unspecified atom stereocenters. The van der Waals surface area contributed by atoms with E-state index in [-0.39, 0.29) is 17.2 Å². The molecule has 0 radical (unpaired) electrons. The highest BCUT2D eigenvalue weighted by Crippen LogP contribution is 2.20. The molecule has 1 aromatic heterocycles. The topological polar surface area (TPSA) is 68.5 Å². The Kier molecular flexibility index (Phi) is 4.04. The predicted molar refractivity (Wildman–Crippen MR) is 69.6 cm³/mol. The van der Waals surface area contributed by atoms with Crippen LogP contribution in [0.4, 0.5) is 5.69 Å². The van der Waals surface area contributed by atoms with Crippen molar-refractivity contribution in [2.45, 2.75) is 18.9 Å². The number of ether oxygens (including phenoxy) is 1. The van der Waals surface area contributed by atoms with Crippen molar-refractivity contribution in [1.29, 1.82) is 0 Å². The number of nitrogen functional groups attached to an aromatic ring is 1. The van der Waals surface area contributed by atoms with Gasteiger partial charge in [-0.15, -0.1) is 0 Å². The van der Waals surface area contributed by atoms with E-state index in [0.29, 0.717) is 24.3 Å². The summed E-state index contributed by atoms with van der Waals surface area (Å²) < 4.78 is 5.29. The first-order valence-corrected chi connectivity index (χ1v) is 6.22. The van der Waals surface area contributed by atoms with Crippen molar-refractivity contribution in [1.82, 2.24) is 9.88 Å². The summed E-state index contributed by atoms with van der Waals surface area (Å²) in [7, 11) is 1.66. The first-order valence-electron chi connectivity index (χ1n) is 5.85. The highest BCUT2D eigenvalue weighted by Gasteiger charge is 2.25. The maximum Gasteiger partial charge on any atom is 0.257 e. The predicted octanol–water partition coefficient (Wildman–Crippen LogP) is 1.57. The fourth-order valence-corrected chi connectivity index (χ4v) is 2.28. The van der Waals surface area contributed by atoms with Crippen LogP contribution in [0, 0.1) is 0 Å². The number of anilines is 1. The number of piperidine rings is 1. The third-order valence-corrected chi connectivity index (χ3v) is 3.39. The number of amides is 1. The van der Waals surface area contributed by atoms with Crippen LogP contribution in [0.15, 0.2) is 12.3 Å². The Balaban J connectivity index is 2.17. The maximum atomic E-state index is 12.3. The highest BCUT2D eigenvalue weighted by molar-refractivity contribution is 6.32. The number of aromatic nitrogens is 1. The van der Waals surface area contributed by atoms with Crippen molar-refractivity contribution in [3.05, 3.63) is 23.0 Å². The summed E-state index contributed by atoms with van der Waals surface area (Å²) in [6, 6.07) is 1.56. The van der Waals surface area contributed by atoms with Gasteiger partial charge in [-0.2, -0.15) is 0 Å². The number of halogens is 1. The van der Waals surface area contributed by atoms with Crippen LogP contribution in [-0.2, 0) is 4.74 Å². The molecule has 0 aromatic carbocycles. The third-order valence-electron chi connectivity index (χ3n) is 3.09. The Bertz CT molecular complexity index is 453. The lowest BCUT2D eigenvalue weighted by molar-refractivity contribution is 0.0269. The smallest absolute Gasteiger partial charge is 0.257 e. The van der Waals surface area contributed by atoms with Gasteiger partial charge in [0.2, 0.25) is 0 Å². The van der Waals surface area contributed by atoms with E-state index in [1.54, 1.807) is 18.1 Å². The molecule has 0 saturated carbocycles. The van der Waals surface area contributed by atoms with Gasteiger partial charge >= 0.3 is 0 Å². The summed E-state index contributed by atoms with van der Waals surface area (Å²) in [5.41, 5.74) is 6.42. The standard InChI is InChI=1S/C12H16ClN3O2/c1-18-9-3-2-4-16(7-9)12(17)10-5-8(14)6-15-11(10)13/h5-6,9H,2-4,7,14H2,1H3. The van der Waals surface area contributed by atoms with E-state index in [2.05, 4.69) is 4.98 Å². The number of carbonyl (C=O) groups excluding carboxylic acids is 1. The number of carbonyl (C=O) groups is 1. The van der Waals surface area contributed by atoms with E-state index in [1.807, 2.05) is 0 Å².